The van der Waals surface area contributed by atoms with E-state index in [1.807, 2.05) is 11.8 Å². The van der Waals surface area contributed by atoms with E-state index in [0.29, 0.717) is 17.4 Å². The highest BCUT2D eigenvalue weighted by molar-refractivity contribution is 8.00. The molecular formula is C14H18FNOS. The summed E-state index contributed by atoms with van der Waals surface area (Å²) in [5, 5.41) is 0.624. The summed E-state index contributed by atoms with van der Waals surface area (Å²) >= 11 is 1.98. The number of benzene rings is 1. The van der Waals surface area contributed by atoms with Gasteiger partial charge in [0.15, 0.2) is 5.78 Å². The predicted molar refractivity (Wildman–Crippen MR) is 73.7 cm³/mol. The maximum absolute atomic E-state index is 13.1. The normalized spacial score (nSPS) is 20.9. The molecule has 2 nitrogen and oxygen atoms in total. The molecule has 0 aliphatic carbocycles. The standard InChI is InChI=1S/C14H18FNOS/c1-2-13-9-16(6-7-18-13)10-14(17)11-4-3-5-12(15)8-11/h3-5,8,13H,2,6-7,9-10H2,1H3. The van der Waals surface area contributed by atoms with Gasteiger partial charge in [-0.15, -0.1) is 0 Å². The highest BCUT2D eigenvalue weighted by Gasteiger charge is 2.21. The molecule has 2 rings (SSSR count). The average Bonchev–Trinajstić information content (AvgIpc) is 2.39. The Morgan fingerprint density at radius 2 is 2.39 bits per heavy atom. The predicted octanol–water partition coefficient (Wildman–Crippen LogP) is 2.84. The van der Waals surface area contributed by atoms with Gasteiger partial charge in [-0.25, -0.2) is 4.39 Å². The van der Waals surface area contributed by atoms with Gasteiger partial charge in [0.25, 0.3) is 0 Å². The van der Waals surface area contributed by atoms with Gasteiger partial charge in [-0.1, -0.05) is 19.1 Å². The van der Waals surface area contributed by atoms with E-state index in [0.717, 1.165) is 25.3 Å². The molecule has 1 aliphatic heterocycles. The Kier molecular flexibility index (Phi) is 4.78. The second-order valence-electron chi connectivity index (χ2n) is 4.57. The summed E-state index contributed by atoms with van der Waals surface area (Å²) in [6.45, 7) is 4.49. The molecule has 0 N–H and O–H groups in total. The first-order valence-corrected chi connectivity index (χ1v) is 7.36. The molecule has 1 saturated heterocycles. The number of carbonyl (C=O) groups is 1. The minimum Gasteiger partial charge on any atom is -0.294 e. The van der Waals surface area contributed by atoms with Gasteiger partial charge in [0.05, 0.1) is 6.54 Å². The van der Waals surface area contributed by atoms with Crippen LogP contribution in [0.15, 0.2) is 24.3 Å². The van der Waals surface area contributed by atoms with Crippen molar-refractivity contribution < 1.29 is 9.18 Å². The Bertz CT molecular complexity index is 424. The molecule has 18 heavy (non-hydrogen) atoms. The van der Waals surface area contributed by atoms with Gasteiger partial charge in [0, 0.05) is 29.7 Å². The van der Waals surface area contributed by atoms with Crippen molar-refractivity contribution in [2.75, 3.05) is 25.4 Å². The highest BCUT2D eigenvalue weighted by Crippen LogP contribution is 2.21. The van der Waals surface area contributed by atoms with Crippen molar-refractivity contribution in [3.8, 4) is 0 Å². The van der Waals surface area contributed by atoms with Gasteiger partial charge in [-0.2, -0.15) is 11.8 Å². The van der Waals surface area contributed by atoms with Gasteiger partial charge in [0.1, 0.15) is 5.82 Å². The number of rotatable bonds is 4. The molecule has 1 aliphatic rings. The van der Waals surface area contributed by atoms with Crippen LogP contribution in [0.4, 0.5) is 4.39 Å². The van der Waals surface area contributed by atoms with E-state index in [2.05, 4.69) is 11.8 Å². The average molecular weight is 267 g/mol. The lowest BCUT2D eigenvalue weighted by Crippen LogP contribution is -2.40. The molecule has 1 aromatic rings. The molecule has 1 atom stereocenters. The third-order valence-corrected chi connectivity index (χ3v) is 4.56. The molecule has 1 aromatic carbocycles. The highest BCUT2D eigenvalue weighted by atomic mass is 32.2. The fourth-order valence-electron chi connectivity index (χ4n) is 2.13. The number of hydrogen-bond donors (Lipinski definition) is 0. The summed E-state index contributed by atoms with van der Waals surface area (Å²) in [4.78, 5) is 14.2. The summed E-state index contributed by atoms with van der Waals surface area (Å²) in [7, 11) is 0. The SMILES string of the molecule is CCC1CN(CC(=O)c2cccc(F)c2)CCS1. The van der Waals surface area contributed by atoms with Crippen molar-refractivity contribution >= 4 is 17.5 Å². The smallest absolute Gasteiger partial charge is 0.176 e. The number of nitrogens with zero attached hydrogens (tertiary/aromatic N) is 1. The molecule has 0 spiro atoms. The largest absolute Gasteiger partial charge is 0.294 e. The van der Waals surface area contributed by atoms with Gasteiger partial charge in [-0.05, 0) is 18.6 Å². The maximum atomic E-state index is 13.1. The Balaban J connectivity index is 1.95. The quantitative estimate of drug-likeness (QED) is 0.782. The lowest BCUT2D eigenvalue weighted by Gasteiger charge is -2.31. The zero-order valence-electron chi connectivity index (χ0n) is 10.6. The molecule has 0 bridgehead atoms. The second-order valence-corrected chi connectivity index (χ2v) is 5.98. The van der Waals surface area contributed by atoms with Gasteiger partial charge in [0.2, 0.25) is 0 Å². The first-order valence-electron chi connectivity index (χ1n) is 6.31. The fourth-order valence-corrected chi connectivity index (χ4v) is 3.38. The van der Waals surface area contributed by atoms with Crippen LogP contribution >= 0.6 is 11.8 Å². The van der Waals surface area contributed by atoms with E-state index in [1.54, 1.807) is 12.1 Å². The zero-order valence-corrected chi connectivity index (χ0v) is 11.4. The Labute approximate surface area is 112 Å². The van der Waals surface area contributed by atoms with Gasteiger partial charge in [-0.3, -0.25) is 9.69 Å². The third-order valence-electron chi connectivity index (χ3n) is 3.19. The van der Waals surface area contributed by atoms with Crippen molar-refractivity contribution in [2.24, 2.45) is 0 Å². The molecular weight excluding hydrogens is 249 g/mol. The van der Waals surface area contributed by atoms with Crippen LogP contribution < -0.4 is 0 Å². The molecule has 0 radical (unpaired) electrons. The summed E-state index contributed by atoms with van der Waals surface area (Å²) in [6.07, 6.45) is 1.13. The van der Waals surface area contributed by atoms with Crippen molar-refractivity contribution in [1.82, 2.24) is 4.90 Å². The Hall–Kier alpha value is -0.870. The van der Waals surface area contributed by atoms with Crippen molar-refractivity contribution in [2.45, 2.75) is 18.6 Å². The molecule has 1 heterocycles. The van der Waals surface area contributed by atoms with Crippen LogP contribution in [-0.2, 0) is 0 Å². The third kappa shape index (κ3) is 3.56. The maximum Gasteiger partial charge on any atom is 0.176 e. The van der Waals surface area contributed by atoms with Gasteiger partial charge < -0.3 is 0 Å². The second kappa shape index (κ2) is 6.34. The lowest BCUT2D eigenvalue weighted by atomic mass is 10.1. The molecule has 1 fully saturated rings. The molecule has 0 aromatic heterocycles. The summed E-state index contributed by atoms with van der Waals surface area (Å²) in [5.41, 5.74) is 0.473. The number of halogens is 1. The van der Waals surface area contributed by atoms with E-state index in [9.17, 15) is 9.18 Å². The number of thioether (sulfide) groups is 1. The van der Waals surface area contributed by atoms with Crippen LogP contribution in [0.2, 0.25) is 0 Å². The van der Waals surface area contributed by atoms with E-state index >= 15 is 0 Å². The molecule has 0 saturated carbocycles. The van der Waals surface area contributed by atoms with Crippen molar-refractivity contribution in [3.63, 3.8) is 0 Å². The molecule has 1 unspecified atom stereocenters. The first-order chi connectivity index (χ1) is 8.69. The first kappa shape index (κ1) is 13.6. The fraction of sp³-hybridized carbons (Fsp3) is 0.500. The minimum absolute atomic E-state index is 0.0104. The van der Waals surface area contributed by atoms with Crippen molar-refractivity contribution in [3.05, 3.63) is 35.6 Å². The summed E-state index contributed by atoms with van der Waals surface area (Å²) in [5.74, 6) is 0.743. The van der Waals surface area contributed by atoms with E-state index in [-0.39, 0.29) is 11.6 Å². The minimum atomic E-state index is -0.346. The molecule has 98 valence electrons. The van der Waals surface area contributed by atoms with Crippen LogP contribution in [0.1, 0.15) is 23.7 Å². The van der Waals surface area contributed by atoms with Crippen LogP contribution in [0.3, 0.4) is 0 Å². The van der Waals surface area contributed by atoms with Crippen LogP contribution in [0.5, 0.6) is 0 Å². The monoisotopic (exact) mass is 267 g/mol. The van der Waals surface area contributed by atoms with E-state index in [1.165, 1.54) is 12.1 Å². The van der Waals surface area contributed by atoms with Crippen LogP contribution in [0.25, 0.3) is 0 Å². The number of ketones is 1. The Morgan fingerprint density at radius 1 is 1.56 bits per heavy atom. The van der Waals surface area contributed by atoms with E-state index in [4.69, 9.17) is 0 Å². The number of Topliss-reactive ketones (excluding diaryl/α,β-unsaturated/α-hetero) is 1. The summed E-state index contributed by atoms with van der Waals surface area (Å²) in [6, 6.07) is 5.95. The zero-order chi connectivity index (χ0) is 13.0. The van der Waals surface area contributed by atoms with E-state index < -0.39 is 0 Å². The van der Waals surface area contributed by atoms with Crippen molar-refractivity contribution in [1.29, 1.82) is 0 Å². The number of carbonyl (C=O) groups excluding carboxylic acids is 1. The van der Waals surface area contributed by atoms with Gasteiger partial charge >= 0.3 is 0 Å². The lowest BCUT2D eigenvalue weighted by molar-refractivity contribution is 0.0932. The topological polar surface area (TPSA) is 20.3 Å². The number of hydrogen-bond acceptors (Lipinski definition) is 3. The molecule has 4 heteroatoms. The summed E-state index contributed by atoms with van der Waals surface area (Å²) < 4.78 is 13.1. The van der Waals surface area contributed by atoms with Crippen LogP contribution in [0, 0.1) is 5.82 Å². The Morgan fingerprint density at radius 3 is 3.11 bits per heavy atom. The molecule has 0 amide bonds. The van der Waals surface area contributed by atoms with Crippen LogP contribution in [-0.4, -0.2) is 41.3 Å².